The number of nitrogens with one attached hydrogen (secondary N) is 1. The Morgan fingerprint density at radius 1 is 1.03 bits per heavy atom. The van der Waals surface area contributed by atoms with Gasteiger partial charge in [0.15, 0.2) is 11.7 Å². The molecule has 1 heterocycles. The number of benzene rings is 3. The minimum absolute atomic E-state index is 0.270. The highest BCUT2D eigenvalue weighted by Crippen LogP contribution is 2.28. The number of methoxy groups -OCH3 is 1. The molecular formula is C25H22N2O5. The first kappa shape index (κ1) is 21.1. The molecule has 1 aromatic heterocycles. The number of esters is 1. The minimum Gasteiger partial charge on any atom is -0.497 e. The lowest BCUT2D eigenvalue weighted by atomic mass is 10.1. The van der Waals surface area contributed by atoms with Gasteiger partial charge in [0, 0.05) is 11.8 Å². The fourth-order valence-corrected chi connectivity index (χ4v) is 3.27. The smallest absolute Gasteiger partial charge is 0.339 e. The molecule has 4 aromatic rings. The first-order valence-electron chi connectivity index (χ1n) is 10.2. The van der Waals surface area contributed by atoms with Gasteiger partial charge in [-0.05, 0) is 42.8 Å². The van der Waals surface area contributed by atoms with Crippen LogP contribution in [-0.2, 0) is 9.53 Å². The lowest BCUT2D eigenvalue weighted by Gasteiger charge is -2.17. The van der Waals surface area contributed by atoms with Crippen LogP contribution in [0.1, 0.15) is 23.7 Å². The molecule has 0 aliphatic carbocycles. The SMILES string of the molecule is CCC(OC(=O)c1ccccc1-c1nc2ccccc2o1)C(=O)Nc1cccc(OC)c1. The summed E-state index contributed by atoms with van der Waals surface area (Å²) in [7, 11) is 1.55. The van der Waals surface area contributed by atoms with Crippen molar-refractivity contribution in [3.8, 4) is 17.2 Å². The van der Waals surface area contributed by atoms with Crippen LogP contribution in [0.15, 0.2) is 77.2 Å². The summed E-state index contributed by atoms with van der Waals surface area (Å²) in [5.74, 6) is -0.128. The van der Waals surface area contributed by atoms with Crippen LogP contribution in [0.3, 0.4) is 0 Å². The number of carbonyl (C=O) groups is 2. The number of fused-ring (bicyclic) bond motifs is 1. The summed E-state index contributed by atoms with van der Waals surface area (Å²) in [5, 5.41) is 2.76. The van der Waals surface area contributed by atoms with Gasteiger partial charge in [0.2, 0.25) is 5.89 Å². The number of rotatable bonds is 7. The average Bonchev–Trinajstić information content (AvgIpc) is 3.26. The van der Waals surface area contributed by atoms with E-state index >= 15 is 0 Å². The molecule has 7 heteroatoms. The molecule has 0 saturated heterocycles. The Bertz CT molecular complexity index is 1230. The van der Waals surface area contributed by atoms with E-state index in [4.69, 9.17) is 13.9 Å². The van der Waals surface area contributed by atoms with E-state index in [1.165, 1.54) is 0 Å². The Morgan fingerprint density at radius 3 is 2.59 bits per heavy atom. The van der Waals surface area contributed by atoms with Crippen molar-refractivity contribution in [3.05, 3.63) is 78.4 Å². The van der Waals surface area contributed by atoms with Crippen molar-refractivity contribution >= 4 is 28.7 Å². The second-order valence-electron chi connectivity index (χ2n) is 7.06. The summed E-state index contributed by atoms with van der Waals surface area (Å²) < 4.78 is 16.5. The van der Waals surface area contributed by atoms with Crippen LogP contribution < -0.4 is 10.1 Å². The quantitative estimate of drug-likeness (QED) is 0.411. The monoisotopic (exact) mass is 430 g/mol. The molecule has 3 aromatic carbocycles. The number of hydrogen-bond acceptors (Lipinski definition) is 6. The summed E-state index contributed by atoms with van der Waals surface area (Å²) >= 11 is 0. The average molecular weight is 430 g/mol. The van der Waals surface area contributed by atoms with Gasteiger partial charge in [-0.1, -0.05) is 37.3 Å². The van der Waals surface area contributed by atoms with E-state index in [9.17, 15) is 9.59 Å². The molecule has 1 atom stereocenters. The number of hydrogen-bond donors (Lipinski definition) is 1. The number of carbonyl (C=O) groups excluding carboxylic acids is 2. The maximum Gasteiger partial charge on any atom is 0.339 e. The van der Waals surface area contributed by atoms with Gasteiger partial charge in [-0.3, -0.25) is 4.79 Å². The standard InChI is InChI=1S/C25H22N2O5/c1-3-21(23(28)26-16-9-8-10-17(15-16)30-2)32-25(29)19-12-5-4-11-18(19)24-27-20-13-6-7-14-22(20)31-24/h4-15,21H,3H2,1-2H3,(H,26,28). The number of aromatic nitrogens is 1. The number of oxazole rings is 1. The Balaban J connectivity index is 1.54. The van der Waals surface area contributed by atoms with E-state index in [1.807, 2.05) is 24.3 Å². The molecule has 32 heavy (non-hydrogen) atoms. The van der Waals surface area contributed by atoms with Gasteiger partial charge >= 0.3 is 5.97 Å². The van der Waals surface area contributed by atoms with Gasteiger partial charge in [0.05, 0.1) is 18.2 Å². The Labute approximate surface area is 185 Å². The van der Waals surface area contributed by atoms with Crippen LogP contribution in [-0.4, -0.2) is 30.1 Å². The highest BCUT2D eigenvalue weighted by molar-refractivity contribution is 6.00. The maximum absolute atomic E-state index is 13.0. The van der Waals surface area contributed by atoms with E-state index in [0.717, 1.165) is 0 Å². The van der Waals surface area contributed by atoms with Gasteiger partial charge in [-0.25, -0.2) is 9.78 Å². The van der Waals surface area contributed by atoms with E-state index in [1.54, 1.807) is 62.6 Å². The third kappa shape index (κ3) is 4.46. The van der Waals surface area contributed by atoms with Crippen LogP contribution in [0.25, 0.3) is 22.6 Å². The zero-order chi connectivity index (χ0) is 22.5. The van der Waals surface area contributed by atoms with Gasteiger partial charge in [0.25, 0.3) is 5.91 Å². The van der Waals surface area contributed by atoms with Crippen molar-refractivity contribution in [1.29, 1.82) is 0 Å². The van der Waals surface area contributed by atoms with Crippen LogP contribution in [0.2, 0.25) is 0 Å². The molecule has 0 aliphatic rings. The molecule has 1 N–H and O–H groups in total. The van der Waals surface area contributed by atoms with Crippen LogP contribution >= 0.6 is 0 Å². The molecule has 1 unspecified atom stereocenters. The lowest BCUT2D eigenvalue weighted by Crippen LogP contribution is -2.32. The molecule has 1 amide bonds. The molecule has 0 aliphatic heterocycles. The first-order valence-corrected chi connectivity index (χ1v) is 10.2. The molecule has 0 saturated carbocycles. The zero-order valence-corrected chi connectivity index (χ0v) is 17.7. The van der Waals surface area contributed by atoms with Gasteiger partial charge in [-0.2, -0.15) is 0 Å². The second-order valence-corrected chi connectivity index (χ2v) is 7.06. The Hall–Kier alpha value is -4.13. The van der Waals surface area contributed by atoms with Crippen molar-refractivity contribution in [2.24, 2.45) is 0 Å². The molecular weight excluding hydrogens is 408 g/mol. The summed E-state index contributed by atoms with van der Waals surface area (Å²) in [5.41, 5.74) is 2.63. The fourth-order valence-electron chi connectivity index (χ4n) is 3.27. The third-order valence-corrected chi connectivity index (χ3v) is 4.92. The van der Waals surface area contributed by atoms with Crippen molar-refractivity contribution in [1.82, 2.24) is 4.98 Å². The zero-order valence-electron chi connectivity index (χ0n) is 17.7. The number of anilines is 1. The molecule has 0 fully saturated rings. The normalized spacial score (nSPS) is 11.7. The number of ether oxygens (including phenoxy) is 2. The first-order chi connectivity index (χ1) is 15.6. The van der Waals surface area contributed by atoms with Crippen molar-refractivity contribution in [2.45, 2.75) is 19.4 Å². The predicted octanol–water partition coefficient (Wildman–Crippen LogP) is 5.08. The molecule has 162 valence electrons. The molecule has 0 spiro atoms. The minimum atomic E-state index is -0.967. The van der Waals surface area contributed by atoms with Crippen LogP contribution in [0.5, 0.6) is 5.75 Å². The van der Waals surface area contributed by atoms with E-state index in [2.05, 4.69) is 10.3 Å². The molecule has 4 rings (SSSR count). The lowest BCUT2D eigenvalue weighted by molar-refractivity contribution is -0.124. The molecule has 0 radical (unpaired) electrons. The van der Waals surface area contributed by atoms with Crippen molar-refractivity contribution in [3.63, 3.8) is 0 Å². The van der Waals surface area contributed by atoms with Crippen molar-refractivity contribution in [2.75, 3.05) is 12.4 Å². The highest BCUT2D eigenvalue weighted by atomic mass is 16.5. The predicted molar refractivity (Wildman–Crippen MR) is 121 cm³/mol. The van der Waals surface area contributed by atoms with Gasteiger partial charge in [-0.15, -0.1) is 0 Å². The third-order valence-electron chi connectivity index (χ3n) is 4.92. The second kappa shape index (κ2) is 9.34. The van der Waals surface area contributed by atoms with E-state index < -0.39 is 18.0 Å². The van der Waals surface area contributed by atoms with E-state index in [-0.39, 0.29) is 5.56 Å². The number of nitrogens with zero attached hydrogens (tertiary/aromatic N) is 1. The number of amides is 1. The van der Waals surface area contributed by atoms with E-state index in [0.29, 0.717) is 40.4 Å². The van der Waals surface area contributed by atoms with Gasteiger partial charge < -0.3 is 19.2 Å². The summed E-state index contributed by atoms with van der Waals surface area (Å²) in [6.07, 6.45) is -0.655. The molecule has 7 nitrogen and oxygen atoms in total. The Morgan fingerprint density at radius 2 is 1.81 bits per heavy atom. The Kier molecular flexibility index (Phi) is 6.17. The van der Waals surface area contributed by atoms with Crippen LogP contribution in [0, 0.1) is 0 Å². The largest absolute Gasteiger partial charge is 0.497 e. The van der Waals surface area contributed by atoms with Crippen molar-refractivity contribution < 1.29 is 23.5 Å². The van der Waals surface area contributed by atoms with Crippen LogP contribution in [0.4, 0.5) is 5.69 Å². The molecule has 0 bridgehead atoms. The van der Waals surface area contributed by atoms with Gasteiger partial charge in [0.1, 0.15) is 11.3 Å². The summed E-state index contributed by atoms with van der Waals surface area (Å²) in [6.45, 7) is 1.77. The maximum atomic E-state index is 13.0. The fraction of sp³-hybridized carbons (Fsp3) is 0.160. The summed E-state index contributed by atoms with van der Waals surface area (Å²) in [4.78, 5) is 30.2. The summed E-state index contributed by atoms with van der Waals surface area (Å²) in [6, 6.07) is 21.2. The topological polar surface area (TPSA) is 90.7 Å². The highest BCUT2D eigenvalue weighted by Gasteiger charge is 2.25. The number of para-hydroxylation sites is 2.